The highest BCUT2D eigenvalue weighted by molar-refractivity contribution is 5.80. The average molecular weight is 309 g/mol. The zero-order valence-electron chi connectivity index (χ0n) is 14.4. The molecule has 0 aliphatic heterocycles. The van der Waals surface area contributed by atoms with Crippen molar-refractivity contribution in [1.82, 2.24) is 19.5 Å². The van der Waals surface area contributed by atoms with Crippen LogP contribution >= 0.6 is 0 Å². The van der Waals surface area contributed by atoms with Crippen molar-refractivity contribution in [1.29, 1.82) is 0 Å². The molecule has 0 bridgehead atoms. The van der Waals surface area contributed by atoms with Gasteiger partial charge in [-0.25, -0.2) is 15.0 Å². The summed E-state index contributed by atoms with van der Waals surface area (Å²) in [5, 5.41) is 3.21. The fraction of sp³-hybridized carbons (Fsp3) is 0.389. The molecule has 3 aromatic rings. The molecule has 5 nitrogen and oxygen atoms in total. The zero-order chi connectivity index (χ0) is 16.6. The van der Waals surface area contributed by atoms with Crippen LogP contribution in [0.25, 0.3) is 22.4 Å². The number of hydrogen-bond acceptors (Lipinski definition) is 4. The lowest BCUT2D eigenvalue weighted by atomic mass is 10.0. The molecule has 0 spiro atoms. The van der Waals surface area contributed by atoms with Crippen molar-refractivity contribution in [2.24, 2.45) is 7.05 Å². The topological polar surface area (TPSA) is 55.6 Å². The monoisotopic (exact) mass is 309 g/mol. The molecule has 1 N–H and O–H groups in total. The smallest absolute Gasteiger partial charge is 0.159 e. The highest BCUT2D eigenvalue weighted by atomic mass is 15.0. The molecule has 0 radical (unpaired) electrons. The van der Waals surface area contributed by atoms with Crippen LogP contribution in [0.2, 0.25) is 0 Å². The molecule has 0 aliphatic rings. The lowest BCUT2D eigenvalue weighted by molar-refractivity contribution is 0.824. The number of hydrogen-bond donors (Lipinski definition) is 1. The molecule has 3 heterocycles. The Morgan fingerprint density at radius 1 is 1.13 bits per heavy atom. The molecular formula is C18H23N5. The Labute approximate surface area is 136 Å². The predicted octanol–water partition coefficient (Wildman–Crippen LogP) is 3.76. The first-order valence-electron chi connectivity index (χ1n) is 8.06. The van der Waals surface area contributed by atoms with E-state index >= 15 is 0 Å². The predicted molar refractivity (Wildman–Crippen MR) is 94.8 cm³/mol. The standard InChI is InChI=1S/C18H23N5/c1-6-13-16(22-18-15(20-13)9-10-23(18)5)12-7-8-14(11(2)3)21-17(12)19-4/h7-11H,6H2,1-5H3,(H,19,21). The number of fused-ring (bicyclic) bond motifs is 1. The summed E-state index contributed by atoms with van der Waals surface area (Å²) in [7, 11) is 3.89. The second kappa shape index (κ2) is 5.99. The Bertz CT molecular complexity index is 848. The molecule has 0 saturated carbocycles. The fourth-order valence-corrected chi connectivity index (χ4v) is 2.74. The summed E-state index contributed by atoms with van der Waals surface area (Å²) >= 11 is 0. The van der Waals surface area contributed by atoms with Gasteiger partial charge in [-0.05, 0) is 30.5 Å². The van der Waals surface area contributed by atoms with E-state index in [1.54, 1.807) is 0 Å². The summed E-state index contributed by atoms with van der Waals surface area (Å²) in [4.78, 5) is 14.4. The van der Waals surface area contributed by atoms with Gasteiger partial charge in [0.2, 0.25) is 0 Å². The molecule has 0 aliphatic carbocycles. The van der Waals surface area contributed by atoms with Crippen molar-refractivity contribution in [3.05, 3.63) is 35.8 Å². The molecule has 120 valence electrons. The Balaban J connectivity index is 2.24. The van der Waals surface area contributed by atoms with Crippen LogP contribution in [0.1, 0.15) is 38.1 Å². The van der Waals surface area contributed by atoms with Gasteiger partial charge in [-0.3, -0.25) is 0 Å². The minimum atomic E-state index is 0.392. The van der Waals surface area contributed by atoms with Crippen LogP contribution in [0.3, 0.4) is 0 Å². The van der Waals surface area contributed by atoms with Crippen LogP contribution in [0.5, 0.6) is 0 Å². The van der Waals surface area contributed by atoms with Gasteiger partial charge in [0.15, 0.2) is 5.65 Å². The largest absolute Gasteiger partial charge is 0.373 e. The third-order valence-corrected chi connectivity index (χ3v) is 4.10. The highest BCUT2D eigenvalue weighted by Crippen LogP contribution is 2.30. The second-order valence-corrected chi connectivity index (χ2v) is 6.04. The van der Waals surface area contributed by atoms with Crippen LogP contribution in [-0.2, 0) is 13.5 Å². The SMILES string of the molecule is CCc1nc2ccn(C)c2nc1-c1ccc(C(C)C)nc1NC. The lowest BCUT2D eigenvalue weighted by Gasteiger charge is -2.14. The molecule has 3 aromatic heterocycles. The molecule has 0 unspecified atom stereocenters. The summed E-state index contributed by atoms with van der Waals surface area (Å²) in [5.74, 6) is 1.25. The zero-order valence-corrected chi connectivity index (χ0v) is 14.4. The van der Waals surface area contributed by atoms with E-state index in [9.17, 15) is 0 Å². The number of anilines is 1. The van der Waals surface area contributed by atoms with Gasteiger partial charge in [-0.2, -0.15) is 0 Å². The molecule has 0 fully saturated rings. The molecular weight excluding hydrogens is 286 g/mol. The van der Waals surface area contributed by atoms with Gasteiger partial charge < -0.3 is 9.88 Å². The van der Waals surface area contributed by atoms with E-state index in [1.807, 2.05) is 30.9 Å². The maximum atomic E-state index is 4.88. The first-order valence-corrected chi connectivity index (χ1v) is 8.06. The number of rotatable bonds is 4. The maximum Gasteiger partial charge on any atom is 0.159 e. The Hall–Kier alpha value is -2.43. The Morgan fingerprint density at radius 3 is 2.57 bits per heavy atom. The van der Waals surface area contributed by atoms with Crippen molar-refractivity contribution < 1.29 is 0 Å². The molecule has 5 heteroatoms. The molecule has 23 heavy (non-hydrogen) atoms. The molecule has 3 rings (SSSR count). The van der Waals surface area contributed by atoms with Crippen molar-refractivity contribution in [2.45, 2.75) is 33.1 Å². The van der Waals surface area contributed by atoms with Crippen LogP contribution in [0.15, 0.2) is 24.4 Å². The van der Waals surface area contributed by atoms with Crippen molar-refractivity contribution in [3.63, 3.8) is 0 Å². The third kappa shape index (κ3) is 2.67. The highest BCUT2D eigenvalue weighted by Gasteiger charge is 2.16. The van der Waals surface area contributed by atoms with Gasteiger partial charge in [0, 0.05) is 31.5 Å². The first kappa shape index (κ1) is 15.5. The van der Waals surface area contributed by atoms with Crippen LogP contribution in [0, 0.1) is 0 Å². The van der Waals surface area contributed by atoms with Crippen molar-refractivity contribution >= 4 is 17.0 Å². The number of nitrogens with one attached hydrogen (secondary N) is 1. The quantitative estimate of drug-likeness (QED) is 0.797. The molecule has 0 aromatic carbocycles. The first-order chi connectivity index (χ1) is 11.0. The van der Waals surface area contributed by atoms with Crippen LogP contribution in [0.4, 0.5) is 5.82 Å². The summed E-state index contributed by atoms with van der Waals surface area (Å²) < 4.78 is 2.00. The van der Waals surface area contributed by atoms with Gasteiger partial charge >= 0.3 is 0 Å². The second-order valence-electron chi connectivity index (χ2n) is 6.04. The van der Waals surface area contributed by atoms with E-state index in [4.69, 9.17) is 15.0 Å². The molecule has 0 amide bonds. The van der Waals surface area contributed by atoms with Crippen LogP contribution in [-0.4, -0.2) is 26.6 Å². The molecule has 0 saturated heterocycles. The minimum Gasteiger partial charge on any atom is -0.373 e. The summed E-state index contributed by atoms with van der Waals surface area (Å²) in [6, 6.07) is 6.19. The number of aryl methyl sites for hydroxylation is 2. The normalized spacial score (nSPS) is 11.4. The van der Waals surface area contributed by atoms with Gasteiger partial charge in [-0.1, -0.05) is 20.8 Å². The van der Waals surface area contributed by atoms with Crippen molar-refractivity contribution in [2.75, 3.05) is 12.4 Å². The Morgan fingerprint density at radius 2 is 1.91 bits per heavy atom. The van der Waals surface area contributed by atoms with E-state index in [0.29, 0.717) is 5.92 Å². The summed E-state index contributed by atoms with van der Waals surface area (Å²) in [6.45, 7) is 6.40. The number of aromatic nitrogens is 4. The van der Waals surface area contributed by atoms with Gasteiger partial charge in [-0.15, -0.1) is 0 Å². The van der Waals surface area contributed by atoms with Crippen LogP contribution < -0.4 is 5.32 Å². The Kier molecular flexibility index (Phi) is 4.03. The summed E-state index contributed by atoms with van der Waals surface area (Å²) in [5.41, 5.74) is 5.82. The lowest BCUT2D eigenvalue weighted by Crippen LogP contribution is -2.04. The average Bonchev–Trinajstić information content (AvgIpc) is 2.93. The number of nitrogens with zero attached hydrogens (tertiary/aromatic N) is 4. The van der Waals surface area contributed by atoms with E-state index < -0.39 is 0 Å². The minimum absolute atomic E-state index is 0.392. The maximum absolute atomic E-state index is 4.88. The van der Waals surface area contributed by atoms with E-state index in [1.165, 1.54) is 0 Å². The molecule has 0 atom stereocenters. The fourth-order valence-electron chi connectivity index (χ4n) is 2.74. The van der Waals surface area contributed by atoms with Gasteiger partial charge in [0.1, 0.15) is 11.3 Å². The third-order valence-electron chi connectivity index (χ3n) is 4.10. The van der Waals surface area contributed by atoms with E-state index in [-0.39, 0.29) is 0 Å². The van der Waals surface area contributed by atoms with E-state index in [2.05, 4.69) is 38.2 Å². The summed E-state index contributed by atoms with van der Waals surface area (Å²) in [6.07, 6.45) is 2.83. The van der Waals surface area contributed by atoms with Gasteiger partial charge in [0.25, 0.3) is 0 Å². The van der Waals surface area contributed by atoms with Crippen molar-refractivity contribution in [3.8, 4) is 11.3 Å². The van der Waals surface area contributed by atoms with Gasteiger partial charge in [0.05, 0.1) is 11.4 Å². The number of pyridine rings is 1. The van der Waals surface area contributed by atoms with E-state index in [0.717, 1.165) is 46.0 Å².